The molecule has 0 aliphatic carbocycles. The molecule has 1 atom stereocenters. The molecule has 23 heavy (non-hydrogen) atoms. The fourth-order valence-corrected chi connectivity index (χ4v) is 3.14. The van der Waals surface area contributed by atoms with Crippen LogP contribution in [-0.4, -0.2) is 35.7 Å². The van der Waals surface area contributed by atoms with Crippen LogP contribution in [0.25, 0.3) is 0 Å². The largest absolute Gasteiger partial charge is 0.445 e. The van der Waals surface area contributed by atoms with E-state index in [4.69, 9.17) is 4.74 Å². The van der Waals surface area contributed by atoms with E-state index < -0.39 is 0 Å². The molecule has 0 aromatic heterocycles. The van der Waals surface area contributed by atoms with Crippen molar-refractivity contribution in [3.8, 4) is 0 Å². The molecule has 4 heteroatoms. The number of ether oxygens (including phenoxy) is 1. The number of rotatable bonds is 4. The molecule has 0 radical (unpaired) electrons. The highest BCUT2D eigenvalue weighted by Crippen LogP contribution is 2.25. The first kappa shape index (κ1) is 17.8. The van der Waals surface area contributed by atoms with Crippen molar-refractivity contribution in [2.75, 3.05) is 13.1 Å². The SMILES string of the molecule is C[C@@H](NC(=O)OCc1ccccc1)C1CCN(C(C)(C)C)CC1. The zero-order valence-electron chi connectivity index (χ0n) is 14.8. The molecule has 0 unspecified atom stereocenters. The Morgan fingerprint density at radius 3 is 2.43 bits per heavy atom. The molecule has 1 aliphatic rings. The van der Waals surface area contributed by atoms with Gasteiger partial charge in [-0.2, -0.15) is 0 Å². The van der Waals surface area contributed by atoms with Gasteiger partial charge in [-0.15, -0.1) is 0 Å². The Morgan fingerprint density at radius 1 is 1.26 bits per heavy atom. The molecule has 0 saturated carbocycles. The first-order chi connectivity index (χ1) is 10.9. The first-order valence-corrected chi connectivity index (χ1v) is 8.58. The van der Waals surface area contributed by atoms with E-state index in [9.17, 15) is 4.79 Å². The van der Waals surface area contributed by atoms with Crippen LogP contribution in [-0.2, 0) is 11.3 Å². The van der Waals surface area contributed by atoms with E-state index in [-0.39, 0.29) is 17.7 Å². The summed E-state index contributed by atoms with van der Waals surface area (Å²) in [6.45, 7) is 11.4. The molecule has 1 aliphatic heterocycles. The lowest BCUT2D eigenvalue weighted by Gasteiger charge is -2.42. The fraction of sp³-hybridized carbons (Fsp3) is 0.632. The Hall–Kier alpha value is -1.55. The van der Waals surface area contributed by atoms with E-state index in [1.54, 1.807) is 0 Å². The van der Waals surface area contributed by atoms with Crippen LogP contribution in [0, 0.1) is 5.92 Å². The number of nitrogens with zero attached hydrogens (tertiary/aromatic N) is 1. The molecule has 1 N–H and O–H groups in total. The summed E-state index contributed by atoms with van der Waals surface area (Å²) in [5.74, 6) is 0.526. The third-order valence-corrected chi connectivity index (χ3v) is 4.75. The lowest BCUT2D eigenvalue weighted by atomic mass is 9.88. The maximum absolute atomic E-state index is 11.9. The molecule has 0 bridgehead atoms. The average Bonchev–Trinajstić information content (AvgIpc) is 2.53. The van der Waals surface area contributed by atoms with Gasteiger partial charge in [-0.05, 0) is 65.1 Å². The summed E-state index contributed by atoms with van der Waals surface area (Å²) in [7, 11) is 0. The van der Waals surface area contributed by atoms with E-state index in [0.717, 1.165) is 31.5 Å². The van der Waals surface area contributed by atoms with Gasteiger partial charge in [0.1, 0.15) is 6.61 Å². The minimum absolute atomic E-state index is 0.153. The normalized spacial score (nSPS) is 18.4. The lowest BCUT2D eigenvalue weighted by molar-refractivity contribution is 0.0753. The van der Waals surface area contributed by atoms with Crippen LogP contribution in [0.15, 0.2) is 30.3 Å². The molecule has 2 rings (SSSR count). The second-order valence-corrected chi connectivity index (χ2v) is 7.49. The molecule has 128 valence electrons. The Balaban J connectivity index is 1.72. The summed E-state index contributed by atoms with van der Waals surface area (Å²) in [4.78, 5) is 14.5. The van der Waals surface area contributed by atoms with Gasteiger partial charge in [0, 0.05) is 11.6 Å². The monoisotopic (exact) mass is 318 g/mol. The van der Waals surface area contributed by atoms with E-state index in [1.165, 1.54) is 0 Å². The highest BCUT2D eigenvalue weighted by molar-refractivity contribution is 5.67. The van der Waals surface area contributed by atoms with Crippen LogP contribution in [0.2, 0.25) is 0 Å². The van der Waals surface area contributed by atoms with Crippen molar-refractivity contribution in [2.45, 2.75) is 58.7 Å². The van der Waals surface area contributed by atoms with Crippen molar-refractivity contribution in [1.82, 2.24) is 10.2 Å². The topological polar surface area (TPSA) is 41.6 Å². The van der Waals surface area contributed by atoms with Gasteiger partial charge >= 0.3 is 6.09 Å². The van der Waals surface area contributed by atoms with Crippen molar-refractivity contribution in [2.24, 2.45) is 5.92 Å². The number of hydrogen-bond donors (Lipinski definition) is 1. The van der Waals surface area contributed by atoms with Crippen LogP contribution in [0.4, 0.5) is 4.79 Å². The molecule has 4 nitrogen and oxygen atoms in total. The number of nitrogens with one attached hydrogen (secondary N) is 1. The summed E-state index contributed by atoms with van der Waals surface area (Å²) in [5.41, 5.74) is 1.24. The Labute approximate surface area is 140 Å². The summed E-state index contributed by atoms with van der Waals surface area (Å²) >= 11 is 0. The van der Waals surface area contributed by atoms with Crippen LogP contribution in [0.3, 0.4) is 0 Å². The Morgan fingerprint density at radius 2 is 1.87 bits per heavy atom. The second-order valence-electron chi connectivity index (χ2n) is 7.49. The zero-order chi connectivity index (χ0) is 16.9. The van der Waals surface area contributed by atoms with Gasteiger partial charge < -0.3 is 10.1 Å². The zero-order valence-corrected chi connectivity index (χ0v) is 14.8. The smallest absolute Gasteiger partial charge is 0.407 e. The third kappa shape index (κ3) is 5.54. The number of piperidine rings is 1. The minimum Gasteiger partial charge on any atom is -0.445 e. The summed E-state index contributed by atoms with van der Waals surface area (Å²) in [6.07, 6.45) is 1.93. The number of amides is 1. The number of alkyl carbamates (subject to hydrolysis) is 1. The molecule has 1 heterocycles. The number of carbonyl (C=O) groups excluding carboxylic acids is 1. The van der Waals surface area contributed by atoms with Crippen LogP contribution < -0.4 is 5.32 Å². The van der Waals surface area contributed by atoms with Gasteiger partial charge in [-0.3, -0.25) is 4.90 Å². The molecule has 1 aromatic rings. The summed E-state index contributed by atoms with van der Waals surface area (Å²) in [6, 6.07) is 9.91. The molecule has 1 saturated heterocycles. The van der Waals surface area contributed by atoms with Gasteiger partial charge in [-0.25, -0.2) is 4.79 Å². The second kappa shape index (κ2) is 7.82. The fourth-order valence-electron chi connectivity index (χ4n) is 3.14. The van der Waals surface area contributed by atoms with Crippen molar-refractivity contribution >= 4 is 6.09 Å². The predicted octanol–water partition coefficient (Wildman–Crippen LogP) is 3.81. The van der Waals surface area contributed by atoms with E-state index >= 15 is 0 Å². The quantitative estimate of drug-likeness (QED) is 0.918. The third-order valence-electron chi connectivity index (χ3n) is 4.75. The van der Waals surface area contributed by atoms with Gasteiger partial charge in [0.25, 0.3) is 0 Å². The van der Waals surface area contributed by atoms with Crippen LogP contribution in [0.5, 0.6) is 0 Å². The van der Waals surface area contributed by atoms with E-state index in [0.29, 0.717) is 12.5 Å². The summed E-state index contributed by atoms with van der Waals surface area (Å²) in [5, 5.41) is 2.99. The highest BCUT2D eigenvalue weighted by atomic mass is 16.5. The number of benzene rings is 1. The maximum atomic E-state index is 11.9. The number of hydrogen-bond acceptors (Lipinski definition) is 3. The minimum atomic E-state index is -0.320. The van der Waals surface area contributed by atoms with E-state index in [2.05, 4.69) is 37.9 Å². The van der Waals surface area contributed by atoms with Crippen LogP contribution >= 0.6 is 0 Å². The molecular formula is C19H30N2O2. The molecule has 0 spiro atoms. The van der Waals surface area contributed by atoms with Crippen LogP contribution in [0.1, 0.15) is 46.1 Å². The lowest BCUT2D eigenvalue weighted by Crippen LogP contribution is -2.49. The van der Waals surface area contributed by atoms with Crippen molar-refractivity contribution < 1.29 is 9.53 Å². The van der Waals surface area contributed by atoms with Gasteiger partial charge in [0.2, 0.25) is 0 Å². The van der Waals surface area contributed by atoms with Gasteiger partial charge in [-0.1, -0.05) is 30.3 Å². The van der Waals surface area contributed by atoms with E-state index in [1.807, 2.05) is 30.3 Å². The molecule has 1 amide bonds. The highest BCUT2D eigenvalue weighted by Gasteiger charge is 2.29. The summed E-state index contributed by atoms with van der Waals surface area (Å²) < 4.78 is 5.30. The average molecular weight is 318 g/mol. The molecule has 1 aromatic carbocycles. The standard InChI is InChI=1S/C19H30N2O2/c1-15(17-10-12-21(13-11-17)19(2,3)4)20-18(22)23-14-16-8-6-5-7-9-16/h5-9,15,17H,10-14H2,1-4H3,(H,20,22)/t15-/m1/s1. The molecule has 1 fully saturated rings. The predicted molar refractivity (Wildman–Crippen MR) is 93.3 cm³/mol. The Bertz CT molecular complexity index is 488. The van der Waals surface area contributed by atoms with Crippen molar-refractivity contribution in [1.29, 1.82) is 0 Å². The first-order valence-electron chi connectivity index (χ1n) is 8.58. The molecular weight excluding hydrogens is 288 g/mol. The maximum Gasteiger partial charge on any atom is 0.407 e. The number of carbonyl (C=O) groups is 1. The Kier molecular flexibility index (Phi) is 6.05. The van der Waals surface area contributed by atoms with Crippen molar-refractivity contribution in [3.05, 3.63) is 35.9 Å². The van der Waals surface area contributed by atoms with Gasteiger partial charge in [0.05, 0.1) is 0 Å². The van der Waals surface area contributed by atoms with Gasteiger partial charge in [0.15, 0.2) is 0 Å². The van der Waals surface area contributed by atoms with Crippen molar-refractivity contribution in [3.63, 3.8) is 0 Å². The number of likely N-dealkylation sites (tertiary alicyclic amines) is 1.